The Kier molecular flexibility index (Phi) is 5.91. The lowest BCUT2D eigenvalue weighted by Crippen LogP contribution is -2.39. The van der Waals surface area contributed by atoms with Crippen LogP contribution in [0.1, 0.15) is 50.1 Å². The molecule has 1 aliphatic carbocycles. The highest BCUT2D eigenvalue weighted by atomic mass is 16.2. The van der Waals surface area contributed by atoms with Crippen molar-refractivity contribution in [1.82, 2.24) is 25.1 Å². The monoisotopic (exact) mass is 349 g/mol. The molecule has 1 aliphatic heterocycles. The molecule has 1 aromatic rings. The maximum Gasteiger partial charge on any atom is 0.328 e. The van der Waals surface area contributed by atoms with Crippen molar-refractivity contribution in [1.29, 1.82) is 0 Å². The van der Waals surface area contributed by atoms with E-state index in [-0.39, 0.29) is 24.3 Å². The van der Waals surface area contributed by atoms with E-state index < -0.39 is 5.56 Å². The van der Waals surface area contributed by atoms with Crippen LogP contribution in [-0.4, -0.2) is 46.7 Å². The highest BCUT2D eigenvalue weighted by Crippen LogP contribution is 2.32. The zero-order chi connectivity index (χ0) is 17.6. The number of hydrogen-bond acceptors (Lipinski definition) is 4. The molecule has 2 heterocycles. The summed E-state index contributed by atoms with van der Waals surface area (Å²) < 4.78 is 1.55. The average molecular weight is 349 g/mol. The lowest BCUT2D eigenvalue weighted by Gasteiger charge is -2.26. The Morgan fingerprint density at radius 3 is 2.64 bits per heavy atom. The maximum absolute atomic E-state index is 11.9. The second-order valence-corrected chi connectivity index (χ2v) is 6.92. The van der Waals surface area contributed by atoms with Crippen molar-refractivity contribution in [3.05, 3.63) is 32.6 Å². The van der Waals surface area contributed by atoms with Gasteiger partial charge >= 0.3 is 11.7 Å². The maximum atomic E-state index is 11.9. The van der Waals surface area contributed by atoms with E-state index in [1.165, 1.54) is 19.3 Å². The molecule has 138 valence electrons. The zero-order valence-corrected chi connectivity index (χ0v) is 14.6. The van der Waals surface area contributed by atoms with Crippen molar-refractivity contribution >= 4 is 6.03 Å². The fraction of sp³-hybridized carbons (Fsp3) is 0.706. The largest absolute Gasteiger partial charge is 0.338 e. The number of urea groups is 1. The molecule has 0 unspecified atom stereocenters. The first-order chi connectivity index (χ1) is 12.1. The summed E-state index contributed by atoms with van der Waals surface area (Å²) >= 11 is 0. The summed E-state index contributed by atoms with van der Waals surface area (Å²) in [5.74, 6) is 0. The van der Waals surface area contributed by atoms with Gasteiger partial charge in [-0.2, -0.15) is 0 Å². The number of likely N-dealkylation sites (tertiary alicyclic amines) is 1. The topological polar surface area (TPSA) is 99.2 Å². The fourth-order valence-corrected chi connectivity index (χ4v) is 3.20. The number of carbonyl (C=O) groups excluding carboxylic acids is 1. The molecule has 1 saturated heterocycles. The van der Waals surface area contributed by atoms with Crippen molar-refractivity contribution in [3.8, 4) is 0 Å². The summed E-state index contributed by atoms with van der Waals surface area (Å²) in [4.78, 5) is 40.2. The normalized spacial score (nSPS) is 18.1. The standard InChI is InChI=1S/C17H27N5O3/c23-15-13(12-22(14-5-6-14)17(25)20-15)11-19-16(24)18-7-4-10-21-8-2-1-3-9-21/h12,14H,1-11H2,(H2,18,19,24)(H,20,23,25). The third-order valence-corrected chi connectivity index (χ3v) is 4.81. The van der Waals surface area contributed by atoms with Crippen LogP contribution in [0.15, 0.2) is 15.8 Å². The minimum Gasteiger partial charge on any atom is -0.338 e. The molecule has 2 fully saturated rings. The lowest BCUT2D eigenvalue weighted by atomic mass is 10.1. The molecule has 8 heteroatoms. The minimum absolute atomic E-state index is 0.111. The molecular weight excluding hydrogens is 322 g/mol. The Labute approximate surface area is 146 Å². The molecule has 8 nitrogen and oxygen atoms in total. The predicted octanol–water partition coefficient (Wildman–Crippen LogP) is 0.547. The molecular formula is C17H27N5O3. The van der Waals surface area contributed by atoms with Crippen LogP contribution in [0, 0.1) is 0 Å². The van der Waals surface area contributed by atoms with Crippen LogP contribution in [-0.2, 0) is 6.54 Å². The van der Waals surface area contributed by atoms with Crippen molar-refractivity contribution in [2.24, 2.45) is 0 Å². The Bertz CT molecular complexity index is 701. The molecule has 2 amide bonds. The molecule has 1 aromatic heterocycles. The van der Waals surface area contributed by atoms with E-state index in [4.69, 9.17) is 0 Å². The average Bonchev–Trinajstić information content (AvgIpc) is 3.44. The molecule has 3 N–H and O–H groups in total. The van der Waals surface area contributed by atoms with Gasteiger partial charge in [0, 0.05) is 18.8 Å². The van der Waals surface area contributed by atoms with E-state index in [2.05, 4.69) is 20.5 Å². The third kappa shape index (κ3) is 5.19. The first-order valence-corrected chi connectivity index (χ1v) is 9.22. The van der Waals surface area contributed by atoms with E-state index in [9.17, 15) is 14.4 Å². The second-order valence-electron chi connectivity index (χ2n) is 6.92. The predicted molar refractivity (Wildman–Crippen MR) is 94.7 cm³/mol. The van der Waals surface area contributed by atoms with Crippen LogP contribution in [0.4, 0.5) is 4.79 Å². The SMILES string of the molecule is O=C(NCCCN1CCCCC1)NCc1cn(C2CC2)c(=O)[nH]c1=O. The van der Waals surface area contributed by atoms with Gasteiger partial charge in [-0.25, -0.2) is 9.59 Å². The van der Waals surface area contributed by atoms with Gasteiger partial charge in [0.15, 0.2) is 0 Å². The van der Waals surface area contributed by atoms with E-state index in [0.29, 0.717) is 12.1 Å². The summed E-state index contributed by atoms with van der Waals surface area (Å²) in [6.07, 6.45) is 8.25. The van der Waals surface area contributed by atoms with Gasteiger partial charge in [0.1, 0.15) is 0 Å². The smallest absolute Gasteiger partial charge is 0.328 e. The number of piperidine rings is 1. The van der Waals surface area contributed by atoms with Gasteiger partial charge in [-0.15, -0.1) is 0 Å². The van der Waals surface area contributed by atoms with Crippen LogP contribution in [0.3, 0.4) is 0 Å². The van der Waals surface area contributed by atoms with E-state index >= 15 is 0 Å². The quantitative estimate of drug-likeness (QED) is 0.626. The minimum atomic E-state index is -0.438. The van der Waals surface area contributed by atoms with Crippen molar-refractivity contribution in [2.45, 2.75) is 51.1 Å². The molecule has 1 saturated carbocycles. The van der Waals surface area contributed by atoms with E-state index in [1.807, 2.05) is 0 Å². The van der Waals surface area contributed by atoms with Crippen LogP contribution in [0.2, 0.25) is 0 Å². The van der Waals surface area contributed by atoms with Gasteiger partial charge in [0.2, 0.25) is 0 Å². The van der Waals surface area contributed by atoms with Gasteiger partial charge in [0.05, 0.1) is 12.1 Å². The van der Waals surface area contributed by atoms with E-state index in [1.54, 1.807) is 10.8 Å². The summed E-state index contributed by atoms with van der Waals surface area (Å²) in [6.45, 7) is 4.05. The molecule has 0 bridgehead atoms. The molecule has 0 aromatic carbocycles. The number of aromatic nitrogens is 2. The third-order valence-electron chi connectivity index (χ3n) is 4.81. The van der Waals surface area contributed by atoms with Crippen molar-refractivity contribution < 1.29 is 4.79 Å². The Morgan fingerprint density at radius 1 is 1.16 bits per heavy atom. The number of rotatable bonds is 7. The Balaban J connectivity index is 1.39. The first kappa shape index (κ1) is 17.7. The zero-order valence-electron chi connectivity index (χ0n) is 14.6. The van der Waals surface area contributed by atoms with Crippen LogP contribution < -0.4 is 21.9 Å². The van der Waals surface area contributed by atoms with Gasteiger partial charge in [0.25, 0.3) is 5.56 Å². The molecule has 0 spiro atoms. The molecule has 25 heavy (non-hydrogen) atoms. The number of H-pyrrole nitrogens is 1. The molecule has 3 rings (SSSR count). The second kappa shape index (κ2) is 8.33. The number of nitrogens with zero attached hydrogens (tertiary/aromatic N) is 2. The van der Waals surface area contributed by atoms with Crippen molar-refractivity contribution in [2.75, 3.05) is 26.2 Å². The fourth-order valence-electron chi connectivity index (χ4n) is 3.20. The summed E-state index contributed by atoms with van der Waals surface area (Å²) in [5.41, 5.74) is -0.416. The summed E-state index contributed by atoms with van der Waals surface area (Å²) in [6, 6.07) is -0.103. The molecule has 0 atom stereocenters. The number of carbonyl (C=O) groups is 1. The van der Waals surface area contributed by atoms with Crippen molar-refractivity contribution in [3.63, 3.8) is 0 Å². The summed E-state index contributed by atoms with van der Waals surface area (Å²) in [5, 5.41) is 5.50. The van der Waals surface area contributed by atoms with Gasteiger partial charge in [-0.1, -0.05) is 6.42 Å². The highest BCUT2D eigenvalue weighted by Gasteiger charge is 2.25. The number of amides is 2. The lowest BCUT2D eigenvalue weighted by molar-refractivity contribution is 0.222. The number of aromatic amines is 1. The van der Waals surface area contributed by atoms with Crippen LogP contribution in [0.5, 0.6) is 0 Å². The highest BCUT2D eigenvalue weighted by molar-refractivity contribution is 5.73. The summed E-state index contributed by atoms with van der Waals surface area (Å²) in [7, 11) is 0. The van der Waals surface area contributed by atoms with Gasteiger partial charge < -0.3 is 15.5 Å². The van der Waals surface area contributed by atoms with Gasteiger partial charge in [-0.3, -0.25) is 14.3 Å². The number of hydrogen-bond donors (Lipinski definition) is 3. The van der Waals surface area contributed by atoms with Crippen LogP contribution >= 0.6 is 0 Å². The Hall–Kier alpha value is -2.09. The van der Waals surface area contributed by atoms with Gasteiger partial charge in [-0.05, 0) is 51.7 Å². The molecule has 0 radical (unpaired) electrons. The molecule has 2 aliphatic rings. The van der Waals surface area contributed by atoms with Crippen LogP contribution in [0.25, 0.3) is 0 Å². The first-order valence-electron chi connectivity index (χ1n) is 9.22. The number of nitrogens with one attached hydrogen (secondary N) is 3. The van der Waals surface area contributed by atoms with E-state index in [0.717, 1.165) is 38.9 Å². The Morgan fingerprint density at radius 2 is 1.92 bits per heavy atom.